The SMILES string of the molecule is CCCCCCC[C@H]1C(=O)C=C(OC)[C@@H]1CCCCCCC. The smallest absolute Gasteiger partial charge is 0.162 e. The molecular weight excluding hydrogens is 272 g/mol. The fraction of sp³-hybridized carbons (Fsp3) is 0.850. The van der Waals surface area contributed by atoms with Gasteiger partial charge in [-0.15, -0.1) is 0 Å². The van der Waals surface area contributed by atoms with Crippen molar-refractivity contribution in [2.45, 2.75) is 90.9 Å². The van der Waals surface area contributed by atoms with E-state index < -0.39 is 0 Å². The molecule has 1 aliphatic carbocycles. The molecule has 22 heavy (non-hydrogen) atoms. The van der Waals surface area contributed by atoms with E-state index in [4.69, 9.17) is 4.74 Å². The molecule has 0 amide bonds. The molecule has 0 aliphatic heterocycles. The molecule has 0 aromatic heterocycles. The van der Waals surface area contributed by atoms with Gasteiger partial charge in [-0.25, -0.2) is 0 Å². The third-order valence-corrected chi connectivity index (χ3v) is 4.97. The largest absolute Gasteiger partial charge is 0.501 e. The highest BCUT2D eigenvalue weighted by atomic mass is 16.5. The molecule has 128 valence electrons. The van der Waals surface area contributed by atoms with Crippen molar-refractivity contribution < 1.29 is 9.53 Å². The Kier molecular flexibility index (Phi) is 10.3. The summed E-state index contributed by atoms with van der Waals surface area (Å²) < 4.78 is 5.49. The molecule has 0 fully saturated rings. The van der Waals surface area contributed by atoms with Crippen molar-refractivity contribution in [1.29, 1.82) is 0 Å². The summed E-state index contributed by atoms with van der Waals surface area (Å²) in [6.07, 6.45) is 16.8. The molecule has 0 radical (unpaired) electrons. The summed E-state index contributed by atoms with van der Waals surface area (Å²) in [5, 5.41) is 0. The van der Waals surface area contributed by atoms with Gasteiger partial charge in [0.05, 0.1) is 7.11 Å². The molecule has 0 saturated carbocycles. The molecule has 0 aromatic rings. The van der Waals surface area contributed by atoms with Gasteiger partial charge in [0, 0.05) is 17.9 Å². The molecule has 2 atom stereocenters. The molecule has 0 N–H and O–H groups in total. The molecule has 1 rings (SSSR count). The number of ether oxygens (including phenoxy) is 1. The van der Waals surface area contributed by atoms with Crippen LogP contribution in [-0.2, 0) is 9.53 Å². The number of methoxy groups -OCH3 is 1. The number of ketones is 1. The van der Waals surface area contributed by atoms with Crippen molar-refractivity contribution >= 4 is 5.78 Å². The number of allylic oxidation sites excluding steroid dienone is 2. The lowest BCUT2D eigenvalue weighted by molar-refractivity contribution is -0.118. The van der Waals surface area contributed by atoms with E-state index >= 15 is 0 Å². The van der Waals surface area contributed by atoms with Crippen LogP contribution in [0.3, 0.4) is 0 Å². The zero-order valence-corrected chi connectivity index (χ0v) is 15.0. The molecular formula is C20H36O2. The molecule has 2 heteroatoms. The summed E-state index contributed by atoms with van der Waals surface area (Å²) in [6, 6.07) is 0. The van der Waals surface area contributed by atoms with Crippen LogP contribution in [0.4, 0.5) is 0 Å². The monoisotopic (exact) mass is 308 g/mol. The van der Waals surface area contributed by atoms with E-state index in [2.05, 4.69) is 13.8 Å². The minimum Gasteiger partial charge on any atom is -0.501 e. The first-order valence-corrected chi connectivity index (χ1v) is 9.54. The normalized spacial score (nSPS) is 21.2. The molecule has 0 aromatic carbocycles. The van der Waals surface area contributed by atoms with E-state index in [0.29, 0.717) is 11.7 Å². The van der Waals surface area contributed by atoms with Gasteiger partial charge in [0.15, 0.2) is 5.78 Å². The summed E-state index contributed by atoms with van der Waals surface area (Å²) in [4.78, 5) is 12.3. The Balaban J connectivity index is 2.37. The maximum atomic E-state index is 12.3. The van der Waals surface area contributed by atoms with Gasteiger partial charge in [-0.3, -0.25) is 4.79 Å². The average Bonchev–Trinajstić information content (AvgIpc) is 2.82. The van der Waals surface area contributed by atoms with Crippen LogP contribution in [0.2, 0.25) is 0 Å². The van der Waals surface area contributed by atoms with Crippen LogP contribution in [0.15, 0.2) is 11.8 Å². The van der Waals surface area contributed by atoms with E-state index in [-0.39, 0.29) is 5.92 Å². The van der Waals surface area contributed by atoms with Crippen LogP contribution in [-0.4, -0.2) is 12.9 Å². The molecule has 0 spiro atoms. The summed E-state index contributed by atoms with van der Waals surface area (Å²) in [7, 11) is 1.72. The van der Waals surface area contributed by atoms with Crippen molar-refractivity contribution in [3.8, 4) is 0 Å². The third-order valence-electron chi connectivity index (χ3n) is 4.97. The number of unbranched alkanes of at least 4 members (excludes halogenated alkanes) is 8. The van der Waals surface area contributed by atoms with Crippen molar-refractivity contribution in [2.24, 2.45) is 11.8 Å². The van der Waals surface area contributed by atoms with E-state index in [1.54, 1.807) is 13.2 Å². The summed E-state index contributed by atoms with van der Waals surface area (Å²) in [6.45, 7) is 4.49. The summed E-state index contributed by atoms with van der Waals surface area (Å²) in [5.41, 5.74) is 0. The third kappa shape index (κ3) is 6.54. The Labute approximate surface area is 137 Å². The second kappa shape index (κ2) is 11.7. The highest BCUT2D eigenvalue weighted by Gasteiger charge is 2.35. The van der Waals surface area contributed by atoms with Crippen LogP contribution in [0.5, 0.6) is 0 Å². The standard InChI is InChI=1S/C20H36O2/c1-4-6-8-10-12-14-17-18(15-13-11-9-7-5-2)20(22-3)16-19(17)21/h16-18H,4-15H2,1-3H3/t17-,18-/m1/s1. The van der Waals surface area contributed by atoms with Crippen molar-refractivity contribution in [3.05, 3.63) is 11.8 Å². The van der Waals surface area contributed by atoms with E-state index in [1.807, 2.05) is 0 Å². The zero-order chi connectivity index (χ0) is 16.2. The maximum absolute atomic E-state index is 12.3. The zero-order valence-electron chi connectivity index (χ0n) is 15.0. The average molecular weight is 309 g/mol. The van der Waals surface area contributed by atoms with Crippen LogP contribution in [0, 0.1) is 11.8 Å². The number of hydrogen-bond acceptors (Lipinski definition) is 2. The van der Waals surface area contributed by atoms with Gasteiger partial charge in [0.1, 0.15) is 5.76 Å². The lowest BCUT2D eigenvalue weighted by Gasteiger charge is -2.21. The highest BCUT2D eigenvalue weighted by molar-refractivity contribution is 5.95. The van der Waals surface area contributed by atoms with Gasteiger partial charge >= 0.3 is 0 Å². The lowest BCUT2D eigenvalue weighted by Crippen LogP contribution is -2.18. The van der Waals surface area contributed by atoms with Crippen molar-refractivity contribution in [3.63, 3.8) is 0 Å². The first-order valence-electron chi connectivity index (χ1n) is 9.54. The topological polar surface area (TPSA) is 26.3 Å². The van der Waals surface area contributed by atoms with Crippen LogP contribution in [0.1, 0.15) is 90.9 Å². The Morgan fingerprint density at radius 3 is 1.82 bits per heavy atom. The summed E-state index contributed by atoms with van der Waals surface area (Å²) >= 11 is 0. The minimum absolute atomic E-state index is 0.197. The Hall–Kier alpha value is -0.790. The van der Waals surface area contributed by atoms with Gasteiger partial charge in [-0.05, 0) is 12.8 Å². The predicted octanol–water partition coefficient (Wildman–Crippen LogP) is 6.05. The van der Waals surface area contributed by atoms with Crippen LogP contribution in [0.25, 0.3) is 0 Å². The quantitative estimate of drug-likeness (QED) is 0.387. The van der Waals surface area contributed by atoms with E-state index in [1.165, 1.54) is 64.2 Å². The molecule has 0 saturated heterocycles. The molecule has 0 heterocycles. The van der Waals surface area contributed by atoms with Crippen LogP contribution >= 0.6 is 0 Å². The van der Waals surface area contributed by atoms with Crippen LogP contribution < -0.4 is 0 Å². The van der Waals surface area contributed by atoms with Gasteiger partial charge in [-0.1, -0.05) is 78.1 Å². The number of carbonyl (C=O) groups is 1. The van der Waals surface area contributed by atoms with Gasteiger partial charge in [0.2, 0.25) is 0 Å². The van der Waals surface area contributed by atoms with E-state index in [9.17, 15) is 4.79 Å². The Morgan fingerprint density at radius 1 is 0.818 bits per heavy atom. The molecule has 2 nitrogen and oxygen atoms in total. The number of hydrogen-bond donors (Lipinski definition) is 0. The molecule has 0 unspecified atom stereocenters. The Bertz CT molecular complexity index is 333. The minimum atomic E-state index is 0.197. The predicted molar refractivity (Wildman–Crippen MR) is 93.8 cm³/mol. The van der Waals surface area contributed by atoms with Crippen molar-refractivity contribution in [1.82, 2.24) is 0 Å². The molecule has 0 bridgehead atoms. The first-order chi connectivity index (χ1) is 10.7. The van der Waals surface area contributed by atoms with Crippen molar-refractivity contribution in [2.75, 3.05) is 7.11 Å². The molecule has 1 aliphatic rings. The van der Waals surface area contributed by atoms with Gasteiger partial charge in [-0.2, -0.15) is 0 Å². The van der Waals surface area contributed by atoms with Gasteiger partial charge < -0.3 is 4.74 Å². The maximum Gasteiger partial charge on any atom is 0.162 e. The second-order valence-corrected chi connectivity index (χ2v) is 6.77. The Morgan fingerprint density at radius 2 is 1.32 bits per heavy atom. The first kappa shape index (κ1) is 19.3. The highest BCUT2D eigenvalue weighted by Crippen LogP contribution is 2.37. The second-order valence-electron chi connectivity index (χ2n) is 6.77. The number of carbonyl (C=O) groups excluding carboxylic acids is 1. The lowest BCUT2D eigenvalue weighted by atomic mass is 9.85. The number of rotatable bonds is 13. The fourth-order valence-electron chi connectivity index (χ4n) is 3.58. The fourth-order valence-corrected chi connectivity index (χ4v) is 3.58. The van der Waals surface area contributed by atoms with E-state index in [0.717, 1.165) is 18.6 Å². The summed E-state index contributed by atoms with van der Waals surface area (Å²) in [5.74, 6) is 1.80. The van der Waals surface area contributed by atoms with Gasteiger partial charge in [0.25, 0.3) is 0 Å².